The lowest BCUT2D eigenvalue weighted by molar-refractivity contribution is -0.115. The third-order valence-electron chi connectivity index (χ3n) is 3.62. The van der Waals surface area contributed by atoms with Gasteiger partial charge in [0.25, 0.3) is 5.91 Å². The van der Waals surface area contributed by atoms with Crippen molar-refractivity contribution in [2.75, 3.05) is 5.32 Å². The number of nitrogens with one attached hydrogen (secondary N) is 3. The first-order chi connectivity index (χ1) is 11.3. The van der Waals surface area contributed by atoms with Crippen molar-refractivity contribution in [1.82, 2.24) is 10.3 Å². The molecule has 0 aliphatic carbocycles. The van der Waals surface area contributed by atoms with Gasteiger partial charge in [0.15, 0.2) is 0 Å². The maximum atomic E-state index is 12.1. The van der Waals surface area contributed by atoms with Crippen LogP contribution in [0.25, 0.3) is 17.0 Å². The van der Waals surface area contributed by atoms with Crippen LogP contribution in [-0.4, -0.2) is 16.9 Å². The molecular formula is C18H14N4O. The summed E-state index contributed by atoms with van der Waals surface area (Å²) in [4.78, 5) is 19.5. The van der Waals surface area contributed by atoms with E-state index in [2.05, 4.69) is 20.6 Å². The molecule has 0 spiro atoms. The molecule has 4 rings (SSSR count). The fourth-order valence-electron chi connectivity index (χ4n) is 2.50. The van der Waals surface area contributed by atoms with E-state index in [0.29, 0.717) is 11.7 Å². The Morgan fingerprint density at radius 3 is 2.78 bits per heavy atom. The number of nitrogens with zero attached hydrogens (tertiary/aromatic N) is 1. The van der Waals surface area contributed by atoms with E-state index in [1.54, 1.807) is 6.08 Å². The molecule has 0 unspecified atom stereocenters. The Morgan fingerprint density at radius 2 is 1.91 bits per heavy atom. The number of H-pyrrole nitrogens is 1. The summed E-state index contributed by atoms with van der Waals surface area (Å²) in [6, 6.07) is 17.6. The van der Waals surface area contributed by atoms with Crippen LogP contribution in [0.4, 0.5) is 5.69 Å². The second-order valence-electron chi connectivity index (χ2n) is 5.26. The van der Waals surface area contributed by atoms with Gasteiger partial charge in [-0.25, -0.2) is 4.99 Å². The van der Waals surface area contributed by atoms with Gasteiger partial charge in [0, 0.05) is 17.4 Å². The zero-order valence-electron chi connectivity index (χ0n) is 12.2. The Morgan fingerprint density at radius 1 is 1.04 bits per heavy atom. The largest absolute Gasteiger partial charge is 0.361 e. The van der Waals surface area contributed by atoms with Gasteiger partial charge in [0.2, 0.25) is 5.96 Å². The molecule has 1 aliphatic heterocycles. The van der Waals surface area contributed by atoms with Crippen LogP contribution in [0.5, 0.6) is 0 Å². The van der Waals surface area contributed by atoms with E-state index < -0.39 is 0 Å². The van der Waals surface area contributed by atoms with E-state index in [9.17, 15) is 4.79 Å². The maximum absolute atomic E-state index is 12.1. The van der Waals surface area contributed by atoms with Crippen molar-refractivity contribution < 1.29 is 4.79 Å². The lowest BCUT2D eigenvalue weighted by Gasteiger charge is -2.03. The smallest absolute Gasteiger partial charge is 0.276 e. The molecule has 23 heavy (non-hydrogen) atoms. The Labute approximate surface area is 132 Å². The molecule has 0 saturated carbocycles. The molecule has 112 valence electrons. The average Bonchev–Trinajstić information content (AvgIpc) is 3.15. The normalized spacial score (nSPS) is 15.7. The fraction of sp³-hybridized carbons (Fsp3) is 0. The predicted molar refractivity (Wildman–Crippen MR) is 91.9 cm³/mol. The molecule has 3 N–H and O–H groups in total. The number of guanidine groups is 1. The zero-order valence-corrected chi connectivity index (χ0v) is 12.2. The first-order valence-electron chi connectivity index (χ1n) is 7.29. The second kappa shape index (κ2) is 5.46. The average molecular weight is 302 g/mol. The van der Waals surface area contributed by atoms with Gasteiger partial charge >= 0.3 is 0 Å². The van der Waals surface area contributed by atoms with Crippen molar-refractivity contribution in [3.05, 3.63) is 72.1 Å². The van der Waals surface area contributed by atoms with E-state index in [0.717, 1.165) is 22.2 Å². The molecule has 3 aromatic rings. The Kier molecular flexibility index (Phi) is 3.16. The summed E-state index contributed by atoms with van der Waals surface area (Å²) < 4.78 is 0. The molecule has 1 aromatic heterocycles. The number of anilines is 1. The van der Waals surface area contributed by atoms with Crippen molar-refractivity contribution in [3.63, 3.8) is 0 Å². The number of para-hydroxylation sites is 1. The van der Waals surface area contributed by atoms with Gasteiger partial charge in [0.05, 0.1) is 0 Å². The number of hydrogen-bond donors (Lipinski definition) is 3. The fourth-order valence-corrected chi connectivity index (χ4v) is 2.50. The highest BCUT2D eigenvalue weighted by Gasteiger charge is 2.19. The van der Waals surface area contributed by atoms with Gasteiger partial charge in [-0.3, -0.25) is 10.1 Å². The van der Waals surface area contributed by atoms with Crippen molar-refractivity contribution in [2.45, 2.75) is 0 Å². The standard InChI is InChI=1S/C18H14N4O/c23-17-16(11-12-6-7-13-8-9-19-15(13)10-12)21-18(22-17)20-14-4-2-1-3-5-14/h1-11,19H,(H2,20,21,22,23). The summed E-state index contributed by atoms with van der Waals surface area (Å²) in [7, 11) is 0. The molecule has 1 aliphatic rings. The summed E-state index contributed by atoms with van der Waals surface area (Å²) in [5.41, 5.74) is 3.22. The molecule has 5 heteroatoms. The van der Waals surface area contributed by atoms with Crippen LogP contribution in [-0.2, 0) is 4.79 Å². The third kappa shape index (κ3) is 2.72. The lowest BCUT2D eigenvalue weighted by atomic mass is 10.1. The quantitative estimate of drug-likeness (QED) is 0.637. The predicted octanol–water partition coefficient (Wildman–Crippen LogP) is 3.11. The van der Waals surface area contributed by atoms with E-state index >= 15 is 0 Å². The van der Waals surface area contributed by atoms with Gasteiger partial charge < -0.3 is 10.3 Å². The number of aliphatic imine (C=N–C) groups is 1. The highest BCUT2D eigenvalue weighted by atomic mass is 16.2. The van der Waals surface area contributed by atoms with E-state index in [1.165, 1.54) is 0 Å². The molecule has 0 fully saturated rings. The summed E-state index contributed by atoms with van der Waals surface area (Å²) in [5.74, 6) is 0.225. The molecule has 0 bridgehead atoms. The Hall–Kier alpha value is -3.34. The Bertz CT molecular complexity index is 938. The molecule has 0 radical (unpaired) electrons. The molecule has 5 nitrogen and oxygen atoms in total. The minimum atomic E-state index is -0.213. The number of aromatic nitrogens is 1. The van der Waals surface area contributed by atoms with Crippen molar-refractivity contribution in [1.29, 1.82) is 0 Å². The first kappa shape index (κ1) is 13.3. The van der Waals surface area contributed by atoms with Crippen LogP contribution >= 0.6 is 0 Å². The van der Waals surface area contributed by atoms with Crippen LogP contribution in [0.3, 0.4) is 0 Å². The number of hydrogen-bond acceptors (Lipinski definition) is 3. The number of amides is 1. The topological polar surface area (TPSA) is 69.3 Å². The highest BCUT2D eigenvalue weighted by Crippen LogP contribution is 2.18. The number of aromatic amines is 1. The van der Waals surface area contributed by atoms with Crippen LogP contribution in [0.15, 0.2) is 71.5 Å². The van der Waals surface area contributed by atoms with E-state index in [4.69, 9.17) is 0 Å². The molecule has 2 heterocycles. The SMILES string of the molecule is O=C1NC(Nc2ccccc2)=NC1=Cc1ccc2cc[nH]c2c1. The van der Waals surface area contributed by atoms with E-state index in [1.807, 2.05) is 60.8 Å². The van der Waals surface area contributed by atoms with Crippen LogP contribution in [0.2, 0.25) is 0 Å². The monoisotopic (exact) mass is 302 g/mol. The van der Waals surface area contributed by atoms with Gasteiger partial charge in [-0.2, -0.15) is 0 Å². The number of carbonyl (C=O) groups is 1. The molecule has 2 aromatic carbocycles. The highest BCUT2D eigenvalue weighted by molar-refractivity contribution is 6.17. The van der Waals surface area contributed by atoms with Crippen molar-refractivity contribution >= 4 is 34.5 Å². The summed E-state index contributed by atoms with van der Waals surface area (Å²) >= 11 is 0. The van der Waals surface area contributed by atoms with Gasteiger partial charge in [0.1, 0.15) is 5.70 Å². The summed E-state index contributed by atoms with van der Waals surface area (Å²) in [6.45, 7) is 0. The lowest BCUT2D eigenvalue weighted by Crippen LogP contribution is -2.29. The number of fused-ring (bicyclic) bond motifs is 1. The maximum Gasteiger partial charge on any atom is 0.276 e. The summed E-state index contributed by atoms with van der Waals surface area (Å²) in [6.07, 6.45) is 3.67. The minimum Gasteiger partial charge on any atom is -0.361 e. The Balaban J connectivity index is 1.61. The van der Waals surface area contributed by atoms with Crippen LogP contribution in [0, 0.1) is 0 Å². The summed E-state index contributed by atoms with van der Waals surface area (Å²) in [5, 5.41) is 6.95. The number of benzene rings is 2. The molecular weight excluding hydrogens is 288 g/mol. The van der Waals surface area contributed by atoms with Crippen LogP contribution in [0.1, 0.15) is 5.56 Å². The van der Waals surface area contributed by atoms with Crippen molar-refractivity contribution in [2.24, 2.45) is 4.99 Å². The number of rotatable bonds is 2. The van der Waals surface area contributed by atoms with Gasteiger partial charge in [-0.1, -0.05) is 30.3 Å². The zero-order chi connectivity index (χ0) is 15.6. The van der Waals surface area contributed by atoms with Crippen LogP contribution < -0.4 is 10.6 Å². The van der Waals surface area contributed by atoms with Crippen molar-refractivity contribution in [3.8, 4) is 0 Å². The first-order valence-corrected chi connectivity index (χ1v) is 7.29. The molecule has 1 amide bonds. The molecule has 0 saturated heterocycles. The molecule has 0 atom stereocenters. The second-order valence-corrected chi connectivity index (χ2v) is 5.26. The van der Waals surface area contributed by atoms with Gasteiger partial charge in [-0.05, 0) is 41.3 Å². The van der Waals surface area contributed by atoms with E-state index in [-0.39, 0.29) is 5.91 Å². The number of carbonyl (C=O) groups excluding carboxylic acids is 1. The van der Waals surface area contributed by atoms with Gasteiger partial charge in [-0.15, -0.1) is 0 Å². The third-order valence-corrected chi connectivity index (χ3v) is 3.62. The minimum absolute atomic E-state index is 0.213.